The predicted octanol–water partition coefficient (Wildman–Crippen LogP) is -2.21. The van der Waals surface area contributed by atoms with Crippen LogP contribution in [0.5, 0.6) is 11.5 Å². The van der Waals surface area contributed by atoms with Crippen LogP contribution in [-0.4, -0.2) is 19.3 Å². The fourth-order valence-electron chi connectivity index (χ4n) is 1.18. The lowest BCUT2D eigenvalue weighted by Gasteiger charge is -2.25. The lowest BCUT2D eigenvalue weighted by Crippen LogP contribution is -3.00. The van der Waals surface area contributed by atoms with Crippen molar-refractivity contribution in [3.05, 3.63) is 24.3 Å². The number of hydrogen-bond acceptors (Lipinski definition) is 3. The zero-order valence-corrected chi connectivity index (χ0v) is 7.83. The molecule has 0 spiro atoms. The van der Waals surface area contributed by atoms with E-state index in [-0.39, 0.29) is 18.5 Å². The van der Waals surface area contributed by atoms with E-state index in [1.165, 1.54) is 0 Å². The summed E-state index contributed by atoms with van der Waals surface area (Å²) in [5.41, 5.74) is 5.46. The lowest BCUT2D eigenvalue weighted by molar-refractivity contribution is -0.00000324. The Labute approximate surface area is 83.2 Å². The van der Waals surface area contributed by atoms with E-state index in [4.69, 9.17) is 15.2 Å². The van der Waals surface area contributed by atoms with Crippen LogP contribution in [0, 0.1) is 0 Å². The molecule has 0 amide bonds. The van der Waals surface area contributed by atoms with Crippen molar-refractivity contribution in [3.63, 3.8) is 0 Å². The number of hydrogen-bond donors (Lipinski definition) is 1. The van der Waals surface area contributed by atoms with Crippen LogP contribution in [-0.2, 0) is 0 Å². The van der Waals surface area contributed by atoms with Gasteiger partial charge in [0.15, 0.2) is 11.5 Å². The molecule has 0 aliphatic carbocycles. The van der Waals surface area contributed by atoms with Crippen molar-refractivity contribution in [2.24, 2.45) is 5.73 Å². The molecule has 72 valence electrons. The monoisotopic (exact) mass is 200 g/mol. The second kappa shape index (κ2) is 4.35. The Bertz CT molecular complexity index is 280. The van der Waals surface area contributed by atoms with Crippen LogP contribution in [0.4, 0.5) is 0 Å². The van der Waals surface area contributed by atoms with E-state index in [0.29, 0.717) is 13.2 Å². The largest absolute Gasteiger partial charge is 1.00 e. The van der Waals surface area contributed by atoms with Gasteiger partial charge in [-0.25, -0.2) is 0 Å². The molecule has 1 heterocycles. The van der Waals surface area contributed by atoms with Crippen molar-refractivity contribution >= 4 is 0 Å². The number of benzene rings is 1. The van der Waals surface area contributed by atoms with Crippen LogP contribution in [0.1, 0.15) is 0 Å². The van der Waals surface area contributed by atoms with Crippen molar-refractivity contribution in [2.75, 3.05) is 13.2 Å². The van der Waals surface area contributed by atoms with Crippen molar-refractivity contribution < 1.29 is 21.9 Å². The molecular formula is C9H11ClNO2-. The van der Waals surface area contributed by atoms with Crippen LogP contribution in [0.15, 0.2) is 24.3 Å². The van der Waals surface area contributed by atoms with Crippen molar-refractivity contribution in [3.8, 4) is 11.5 Å². The third-order valence-electron chi connectivity index (χ3n) is 1.83. The van der Waals surface area contributed by atoms with Gasteiger partial charge in [0, 0.05) is 6.54 Å². The molecule has 4 heteroatoms. The van der Waals surface area contributed by atoms with E-state index < -0.39 is 0 Å². The SMILES string of the molecule is NCC1COc2ccccc2O1.[Cl-]. The molecule has 0 bridgehead atoms. The molecule has 0 aromatic heterocycles. The molecule has 2 N–H and O–H groups in total. The fourth-order valence-corrected chi connectivity index (χ4v) is 1.18. The van der Waals surface area contributed by atoms with Crippen LogP contribution in [0.2, 0.25) is 0 Å². The van der Waals surface area contributed by atoms with Crippen molar-refractivity contribution in [1.29, 1.82) is 0 Å². The molecule has 1 atom stereocenters. The second-order valence-electron chi connectivity index (χ2n) is 2.73. The van der Waals surface area contributed by atoms with Crippen LogP contribution in [0.25, 0.3) is 0 Å². The molecule has 0 fully saturated rings. The Kier molecular flexibility index (Phi) is 3.39. The molecule has 0 radical (unpaired) electrons. The highest BCUT2D eigenvalue weighted by molar-refractivity contribution is 5.40. The molecule has 1 aromatic carbocycles. The summed E-state index contributed by atoms with van der Waals surface area (Å²) in [6.07, 6.45) is -0.0000926. The van der Waals surface area contributed by atoms with E-state index in [1.807, 2.05) is 24.3 Å². The van der Waals surface area contributed by atoms with Crippen molar-refractivity contribution in [1.82, 2.24) is 0 Å². The normalized spacial score (nSPS) is 19.0. The first-order chi connectivity index (χ1) is 5.90. The molecule has 1 aliphatic rings. The quantitative estimate of drug-likeness (QED) is 0.559. The summed E-state index contributed by atoms with van der Waals surface area (Å²) in [4.78, 5) is 0. The summed E-state index contributed by atoms with van der Waals surface area (Å²) in [6.45, 7) is 1.04. The summed E-state index contributed by atoms with van der Waals surface area (Å²) in [7, 11) is 0. The van der Waals surface area contributed by atoms with E-state index in [2.05, 4.69) is 0 Å². The summed E-state index contributed by atoms with van der Waals surface area (Å²) >= 11 is 0. The minimum absolute atomic E-state index is 0. The Balaban J connectivity index is 0.000000845. The average Bonchev–Trinajstić information content (AvgIpc) is 2.17. The zero-order valence-electron chi connectivity index (χ0n) is 7.07. The highest BCUT2D eigenvalue weighted by atomic mass is 35.5. The van der Waals surface area contributed by atoms with E-state index in [9.17, 15) is 0 Å². The maximum atomic E-state index is 5.53. The number of fused-ring (bicyclic) bond motifs is 1. The summed E-state index contributed by atoms with van der Waals surface area (Å²) < 4.78 is 11.0. The first-order valence-corrected chi connectivity index (χ1v) is 3.98. The van der Waals surface area contributed by atoms with Gasteiger partial charge in [0.05, 0.1) is 0 Å². The number of para-hydroxylation sites is 2. The van der Waals surface area contributed by atoms with Gasteiger partial charge >= 0.3 is 0 Å². The molecular weight excluding hydrogens is 190 g/mol. The third-order valence-corrected chi connectivity index (χ3v) is 1.83. The molecule has 2 rings (SSSR count). The van der Waals surface area contributed by atoms with E-state index in [0.717, 1.165) is 11.5 Å². The maximum Gasteiger partial charge on any atom is 0.161 e. The highest BCUT2D eigenvalue weighted by Crippen LogP contribution is 2.30. The topological polar surface area (TPSA) is 44.5 Å². The zero-order chi connectivity index (χ0) is 8.39. The molecule has 0 saturated heterocycles. The Morgan fingerprint density at radius 1 is 1.31 bits per heavy atom. The maximum absolute atomic E-state index is 5.53. The Hall–Kier alpha value is -0.930. The highest BCUT2D eigenvalue weighted by Gasteiger charge is 2.18. The summed E-state index contributed by atoms with van der Waals surface area (Å²) in [6, 6.07) is 7.62. The lowest BCUT2D eigenvalue weighted by atomic mass is 10.2. The van der Waals surface area contributed by atoms with Gasteiger partial charge in [-0.1, -0.05) is 12.1 Å². The molecule has 3 nitrogen and oxygen atoms in total. The van der Waals surface area contributed by atoms with Crippen molar-refractivity contribution in [2.45, 2.75) is 6.10 Å². The van der Waals surface area contributed by atoms with E-state index in [1.54, 1.807) is 0 Å². The Morgan fingerprint density at radius 3 is 2.69 bits per heavy atom. The number of rotatable bonds is 1. The predicted molar refractivity (Wildman–Crippen MR) is 45.4 cm³/mol. The standard InChI is InChI=1S/C9H11NO2.ClH/c10-5-7-6-11-8-3-1-2-4-9(8)12-7;/h1-4,7H,5-6,10H2;1H/p-1. The molecule has 1 aromatic rings. The van der Waals surface area contributed by atoms with Crippen LogP contribution in [0.3, 0.4) is 0 Å². The minimum Gasteiger partial charge on any atom is -1.00 e. The summed E-state index contributed by atoms with van der Waals surface area (Å²) in [5.74, 6) is 1.60. The van der Waals surface area contributed by atoms with Gasteiger partial charge in [0.25, 0.3) is 0 Å². The van der Waals surface area contributed by atoms with Gasteiger partial charge in [-0.2, -0.15) is 0 Å². The van der Waals surface area contributed by atoms with Gasteiger partial charge in [-0.05, 0) is 12.1 Å². The van der Waals surface area contributed by atoms with Gasteiger partial charge in [0.2, 0.25) is 0 Å². The minimum atomic E-state index is -0.0000926. The fraction of sp³-hybridized carbons (Fsp3) is 0.333. The van der Waals surface area contributed by atoms with Gasteiger partial charge < -0.3 is 27.6 Å². The van der Waals surface area contributed by atoms with Gasteiger partial charge in [-0.3, -0.25) is 0 Å². The number of nitrogens with two attached hydrogens (primary N) is 1. The molecule has 1 unspecified atom stereocenters. The number of ether oxygens (including phenoxy) is 2. The van der Waals surface area contributed by atoms with Gasteiger partial charge in [-0.15, -0.1) is 0 Å². The molecule has 1 aliphatic heterocycles. The van der Waals surface area contributed by atoms with Crippen LogP contribution >= 0.6 is 0 Å². The molecule has 13 heavy (non-hydrogen) atoms. The van der Waals surface area contributed by atoms with E-state index >= 15 is 0 Å². The third kappa shape index (κ3) is 2.05. The smallest absolute Gasteiger partial charge is 0.161 e. The molecule has 0 saturated carbocycles. The first kappa shape index (κ1) is 10.2. The summed E-state index contributed by atoms with van der Waals surface area (Å²) in [5, 5.41) is 0. The Morgan fingerprint density at radius 2 is 2.00 bits per heavy atom. The van der Waals surface area contributed by atoms with Crippen LogP contribution < -0.4 is 27.6 Å². The number of halogens is 1. The second-order valence-corrected chi connectivity index (χ2v) is 2.73. The average molecular weight is 201 g/mol. The first-order valence-electron chi connectivity index (χ1n) is 3.98. The van der Waals surface area contributed by atoms with Gasteiger partial charge in [0.1, 0.15) is 12.7 Å².